The number of hydrogen-bond acceptors (Lipinski definition) is 12. The number of fused-ring (bicyclic) bond motifs is 4. The molecule has 0 saturated carbocycles. The lowest BCUT2D eigenvalue weighted by atomic mass is 10.1. The van der Waals surface area contributed by atoms with Crippen molar-refractivity contribution in [2.75, 3.05) is 26.2 Å². The normalized spacial score (nSPS) is 18.8. The molecule has 4 N–H and O–H groups in total. The molecule has 0 radical (unpaired) electrons. The zero-order valence-electron chi connectivity index (χ0n) is 69.1. The van der Waals surface area contributed by atoms with E-state index in [2.05, 4.69) is 193 Å². The maximum atomic E-state index is 13.4. The second-order valence-corrected chi connectivity index (χ2v) is 33.5. The van der Waals surface area contributed by atoms with E-state index in [0.29, 0.717) is 55.0 Å². The summed E-state index contributed by atoms with van der Waals surface area (Å²) in [6.07, 6.45) is 29.0. The minimum absolute atomic E-state index is 0.0516. The molecule has 4 aliphatic rings. The van der Waals surface area contributed by atoms with E-state index in [1.165, 1.54) is 17.7 Å². The Balaban J connectivity index is 0.000000116. The highest BCUT2D eigenvalue weighted by atomic mass is 19.1. The Labute approximate surface area is 707 Å². The van der Waals surface area contributed by atoms with E-state index in [0.717, 1.165) is 177 Å². The number of benzene rings is 8. The Bertz CT molecular complexity index is 6000. The first-order chi connectivity index (χ1) is 59.6. The number of nitrogens with zero attached hydrogens (tertiary/aromatic N) is 16. The van der Waals surface area contributed by atoms with Crippen LogP contribution >= 0.6 is 0 Å². The van der Waals surface area contributed by atoms with Crippen molar-refractivity contribution in [2.45, 2.75) is 136 Å². The van der Waals surface area contributed by atoms with Crippen LogP contribution in [0.4, 0.5) is 4.39 Å². The van der Waals surface area contributed by atoms with Gasteiger partial charge in [-0.25, -0.2) is 4.39 Å². The van der Waals surface area contributed by atoms with Gasteiger partial charge in [0.05, 0.1) is 90.9 Å². The predicted octanol–water partition coefficient (Wildman–Crippen LogP) is 16.2. The number of hydrogen-bond donors (Lipinski definition) is 4. The molecule has 25 heteroatoms. The second kappa shape index (κ2) is 36.9. The van der Waals surface area contributed by atoms with Crippen molar-refractivity contribution < 1.29 is 23.6 Å². The minimum atomic E-state index is -0.306. The Morgan fingerprint density at radius 1 is 0.320 bits per heavy atom. The van der Waals surface area contributed by atoms with Gasteiger partial charge in [0.1, 0.15) is 5.82 Å². The summed E-state index contributed by atoms with van der Waals surface area (Å²) in [4.78, 5) is 59.4. The van der Waals surface area contributed by atoms with Crippen LogP contribution in [0.1, 0.15) is 82.1 Å². The number of rotatable bonds is 21. The second-order valence-electron chi connectivity index (χ2n) is 33.5. The molecule has 4 fully saturated rings. The SMILES string of the molecule is C[C@@H]1CC(Cn2ncc3cc(-c4cn[nH]c4)ccc32)CN1C(=O)Cc1ccccc1.C[C@H]1CC(Cn2ncc3cc(-c4cn[nH]c4)ccc32)CN1C(=O)CCc1ccccc1.C[C@H]1CC(Cn2ncc3cc(-c4cn[nH]c4)ccc32)CN1C(=O)Cc1cccc(F)c1.C[C@H]1CC(Cn2ncc3cc(-c4cn[nH]c4)ccc32)CN1C(=O)Cc1ccccc1. The molecule has 24 nitrogen and oxygen atoms in total. The van der Waals surface area contributed by atoms with E-state index >= 15 is 0 Å². The summed E-state index contributed by atoms with van der Waals surface area (Å²) in [5.41, 5.74) is 17.3. The molecule has 4 aliphatic heterocycles. The Hall–Kier alpha value is -13.7. The molecule has 620 valence electrons. The minimum Gasteiger partial charge on any atom is -0.340 e. The van der Waals surface area contributed by atoms with Gasteiger partial charge < -0.3 is 19.6 Å². The molecule has 8 aromatic heterocycles. The summed E-state index contributed by atoms with van der Waals surface area (Å²) in [6.45, 7) is 14.9. The molecule has 4 unspecified atom stereocenters. The predicted molar refractivity (Wildman–Crippen MR) is 472 cm³/mol. The number of halogens is 1. The number of H-pyrrole nitrogens is 4. The highest BCUT2D eigenvalue weighted by Gasteiger charge is 2.37. The largest absolute Gasteiger partial charge is 0.340 e. The average Bonchev–Trinajstić information content (AvgIpc) is 1.65. The highest BCUT2D eigenvalue weighted by Crippen LogP contribution is 2.35. The van der Waals surface area contributed by atoms with Crippen LogP contribution in [-0.2, 0) is 71.0 Å². The van der Waals surface area contributed by atoms with E-state index in [1.807, 2.05) is 166 Å². The van der Waals surface area contributed by atoms with Crippen LogP contribution in [0.3, 0.4) is 0 Å². The van der Waals surface area contributed by atoms with E-state index in [4.69, 9.17) is 0 Å². The summed E-state index contributed by atoms with van der Waals surface area (Å²) in [5.74, 6) is 2.02. The molecule has 8 atom stereocenters. The van der Waals surface area contributed by atoms with Crippen LogP contribution < -0.4 is 0 Å². The van der Waals surface area contributed by atoms with Gasteiger partial charge in [-0.2, -0.15) is 40.8 Å². The maximum Gasteiger partial charge on any atom is 0.227 e. The van der Waals surface area contributed by atoms with Crippen LogP contribution in [0, 0.1) is 29.5 Å². The van der Waals surface area contributed by atoms with Gasteiger partial charge >= 0.3 is 0 Å². The Morgan fingerprint density at radius 3 is 0.902 bits per heavy atom. The van der Waals surface area contributed by atoms with Crippen molar-refractivity contribution in [3.63, 3.8) is 0 Å². The molecule has 0 bridgehead atoms. The number of nitrogens with one attached hydrogen (secondary N) is 4. The quantitative estimate of drug-likeness (QED) is 0.0523. The monoisotopic (exact) mass is 1630 g/mol. The first kappa shape index (κ1) is 80.7. The van der Waals surface area contributed by atoms with Gasteiger partial charge in [0, 0.05) is 152 Å². The number of amides is 4. The molecule has 16 aromatic rings. The lowest BCUT2D eigenvalue weighted by Gasteiger charge is -2.21. The molecule has 4 saturated heterocycles. The van der Waals surface area contributed by atoms with E-state index < -0.39 is 0 Å². The fourth-order valence-corrected chi connectivity index (χ4v) is 18.5. The molecule has 0 spiro atoms. The number of carbonyl (C=O) groups excluding carboxylic acids is 4. The van der Waals surface area contributed by atoms with Gasteiger partial charge in [0.15, 0.2) is 0 Å². The average molecular weight is 1630 g/mol. The van der Waals surface area contributed by atoms with Crippen LogP contribution in [0.2, 0.25) is 0 Å². The fraction of sp³-hybridized carbons (Fsp3) is 0.299. The van der Waals surface area contributed by atoms with Gasteiger partial charge in [-0.3, -0.25) is 58.3 Å². The first-order valence-corrected chi connectivity index (χ1v) is 42.4. The molecule has 12 heterocycles. The van der Waals surface area contributed by atoms with Crippen LogP contribution in [0.5, 0.6) is 0 Å². The van der Waals surface area contributed by atoms with Crippen LogP contribution in [0.25, 0.3) is 88.1 Å². The number of aromatic nitrogens is 16. The standard InChI is InChI=1S/C25H27N5O.C24H24FN5O.2C24H25N5O/c1-18-11-20(16-29(18)25(31)10-7-19-5-3-2-4-6-19)17-30-24-9-8-21(12-22(24)15-28-30)23-13-26-27-14-23;1-16-7-18(14-29(16)24(31)9-17-3-2-4-22(25)8-17)15-30-23-6-5-19(10-20(23)13-28-30)21-11-26-27-12-21;2*1-17-9-19(15-28(17)24(30)10-18-5-3-2-4-6-18)16-29-23-8-7-20(11-21(23)14-27-29)22-12-25-26-13-22/h2-6,8-9,12-15,18,20H,7,10-11,16-17H2,1H3,(H,26,27);2-6,8,10-13,16,18H,7,9,14-15H2,1H3,(H,26,27);2*2-8,11-14,17,19H,9-10,15-16H2,1H3,(H,25,26)/t18-,20?;16-,18?;2*17-,19?/m0010/s1. The van der Waals surface area contributed by atoms with Crippen molar-refractivity contribution >= 4 is 67.2 Å². The van der Waals surface area contributed by atoms with Crippen molar-refractivity contribution in [1.29, 1.82) is 0 Å². The zero-order chi connectivity index (χ0) is 83.6. The summed E-state index contributed by atoms with van der Waals surface area (Å²) in [7, 11) is 0. The van der Waals surface area contributed by atoms with Gasteiger partial charge in [0.25, 0.3) is 0 Å². The molecular weight excluding hydrogens is 1530 g/mol. The molecule has 0 aliphatic carbocycles. The van der Waals surface area contributed by atoms with E-state index in [9.17, 15) is 23.6 Å². The number of carbonyl (C=O) groups is 4. The van der Waals surface area contributed by atoms with Gasteiger partial charge in [-0.1, -0.05) is 127 Å². The summed E-state index contributed by atoms with van der Waals surface area (Å²) >= 11 is 0. The highest BCUT2D eigenvalue weighted by molar-refractivity contribution is 5.88. The van der Waals surface area contributed by atoms with Crippen molar-refractivity contribution in [3.05, 3.63) is 290 Å². The maximum absolute atomic E-state index is 13.4. The smallest absolute Gasteiger partial charge is 0.227 e. The third-order valence-electron chi connectivity index (χ3n) is 24.7. The van der Waals surface area contributed by atoms with Crippen molar-refractivity contribution in [1.82, 2.24) is 99.5 Å². The third kappa shape index (κ3) is 19.0. The van der Waals surface area contributed by atoms with Crippen LogP contribution in [0.15, 0.2) is 262 Å². The number of likely N-dealkylation sites (tertiary alicyclic amines) is 4. The molecule has 8 aromatic carbocycles. The van der Waals surface area contributed by atoms with Crippen molar-refractivity contribution in [2.24, 2.45) is 23.7 Å². The number of aromatic amines is 4. The summed E-state index contributed by atoms with van der Waals surface area (Å²) < 4.78 is 21.7. The molecule has 4 amide bonds. The molecule has 122 heavy (non-hydrogen) atoms. The summed E-state index contributed by atoms with van der Waals surface area (Å²) in [6, 6.07) is 62.9. The zero-order valence-corrected chi connectivity index (χ0v) is 69.1. The van der Waals surface area contributed by atoms with E-state index in [1.54, 1.807) is 18.3 Å². The Kier molecular flexibility index (Phi) is 24.4. The Morgan fingerprint density at radius 2 is 0.607 bits per heavy atom. The molecular formula is C97H101FN20O4. The third-order valence-corrected chi connectivity index (χ3v) is 24.7. The molecule has 20 rings (SSSR count). The van der Waals surface area contributed by atoms with E-state index in [-0.39, 0.29) is 60.0 Å². The van der Waals surface area contributed by atoms with Gasteiger partial charge in [-0.05, 0) is 189 Å². The van der Waals surface area contributed by atoms with Gasteiger partial charge in [0.2, 0.25) is 23.6 Å². The first-order valence-electron chi connectivity index (χ1n) is 42.4. The van der Waals surface area contributed by atoms with Crippen LogP contribution in [-0.4, -0.2) is 173 Å². The number of aryl methyl sites for hydroxylation is 1. The topological polar surface area (TPSA) is 267 Å². The summed E-state index contributed by atoms with van der Waals surface area (Å²) in [5, 5.41) is 50.5. The van der Waals surface area contributed by atoms with Gasteiger partial charge in [-0.15, -0.1) is 0 Å². The van der Waals surface area contributed by atoms with Crippen molar-refractivity contribution in [3.8, 4) is 44.5 Å². The lowest BCUT2D eigenvalue weighted by Crippen LogP contribution is -2.35. The lowest BCUT2D eigenvalue weighted by molar-refractivity contribution is -0.132. The fourth-order valence-electron chi connectivity index (χ4n) is 18.5.